The normalized spacial score (nSPS) is 11.0. The summed E-state index contributed by atoms with van der Waals surface area (Å²) in [7, 11) is 0. The maximum Gasteiger partial charge on any atom is 0.187 e. The third kappa shape index (κ3) is 2.51. The van der Waals surface area contributed by atoms with Crippen LogP contribution in [0, 0.1) is 11.3 Å². The van der Waals surface area contributed by atoms with Gasteiger partial charge in [-0.2, -0.15) is 5.26 Å². The van der Waals surface area contributed by atoms with Crippen LogP contribution >= 0.6 is 0 Å². The fraction of sp³-hybridized carbons (Fsp3) is 0. The molecule has 12 heavy (non-hydrogen) atoms. The van der Waals surface area contributed by atoms with Crippen LogP contribution in [0.25, 0.3) is 0 Å². The van der Waals surface area contributed by atoms with E-state index in [1.165, 1.54) is 12.1 Å². The molecule has 1 rings (SSSR count). The van der Waals surface area contributed by atoms with Gasteiger partial charge >= 0.3 is 0 Å². The van der Waals surface area contributed by atoms with Gasteiger partial charge in [0, 0.05) is 20.4 Å². The van der Waals surface area contributed by atoms with E-state index in [2.05, 4.69) is 0 Å². The van der Waals surface area contributed by atoms with Gasteiger partial charge in [-0.05, 0) is 12.1 Å². The molecule has 63 valence electrons. The molecular formula is C7H5NO2ReS. The van der Waals surface area contributed by atoms with E-state index >= 15 is 0 Å². The second kappa shape index (κ2) is 5.19. The van der Waals surface area contributed by atoms with Gasteiger partial charge in [0.2, 0.25) is 0 Å². The van der Waals surface area contributed by atoms with Crippen molar-refractivity contribution in [3.05, 3.63) is 29.8 Å². The molecule has 0 fully saturated rings. The van der Waals surface area contributed by atoms with E-state index in [9.17, 15) is 4.21 Å². The monoisotopic (exact) mass is 354 g/mol. The van der Waals surface area contributed by atoms with Crippen LogP contribution in [0.15, 0.2) is 29.2 Å². The molecule has 0 saturated heterocycles. The molecule has 0 amide bonds. The number of nitriles is 1. The third-order valence-corrected chi connectivity index (χ3v) is 1.93. The van der Waals surface area contributed by atoms with Gasteiger partial charge in [0.05, 0.1) is 10.5 Å². The fourth-order valence-electron chi connectivity index (χ4n) is 0.711. The fourth-order valence-corrected chi connectivity index (χ4v) is 1.21. The molecule has 0 spiro atoms. The molecule has 1 aromatic carbocycles. The molecule has 0 bridgehead atoms. The van der Waals surface area contributed by atoms with E-state index in [0.717, 1.165) is 0 Å². The van der Waals surface area contributed by atoms with Crippen LogP contribution in [-0.4, -0.2) is 8.76 Å². The molecule has 0 saturated carbocycles. The van der Waals surface area contributed by atoms with Gasteiger partial charge in [0.15, 0.2) is 11.1 Å². The van der Waals surface area contributed by atoms with Crippen molar-refractivity contribution >= 4 is 11.1 Å². The van der Waals surface area contributed by atoms with Crippen LogP contribution < -0.4 is 0 Å². The van der Waals surface area contributed by atoms with E-state index in [0.29, 0.717) is 0 Å². The van der Waals surface area contributed by atoms with Crippen LogP contribution in [-0.2, 0) is 31.5 Å². The number of hydrogen-bond donors (Lipinski definition) is 1. The smallest absolute Gasteiger partial charge is 0.187 e. The summed E-state index contributed by atoms with van der Waals surface area (Å²) in [6.45, 7) is 0. The van der Waals surface area contributed by atoms with Crippen LogP contribution in [0.2, 0.25) is 0 Å². The molecule has 1 aromatic rings. The zero-order valence-electron chi connectivity index (χ0n) is 5.90. The maximum absolute atomic E-state index is 10.5. The Morgan fingerprint density at radius 2 is 2.00 bits per heavy atom. The summed E-state index contributed by atoms with van der Waals surface area (Å²) in [5.74, 6) is 0. The van der Waals surface area contributed by atoms with Crippen molar-refractivity contribution in [3.63, 3.8) is 0 Å². The predicted molar refractivity (Wildman–Crippen MR) is 40.2 cm³/mol. The van der Waals surface area contributed by atoms with Gasteiger partial charge in [0.1, 0.15) is 6.07 Å². The topological polar surface area (TPSA) is 61.1 Å². The third-order valence-electron chi connectivity index (χ3n) is 1.20. The first kappa shape index (κ1) is 11.5. The minimum Gasteiger partial charge on any atom is -0.302 e. The van der Waals surface area contributed by atoms with Gasteiger partial charge in [-0.25, -0.2) is 4.21 Å². The molecule has 0 aliphatic heterocycles. The number of benzene rings is 1. The first-order chi connectivity index (χ1) is 5.25. The summed E-state index contributed by atoms with van der Waals surface area (Å²) in [5, 5.41) is 8.47. The molecule has 0 heterocycles. The Morgan fingerprint density at radius 1 is 1.42 bits per heavy atom. The van der Waals surface area contributed by atoms with Gasteiger partial charge in [-0.3, -0.25) is 0 Å². The molecule has 3 nitrogen and oxygen atoms in total. The number of hydrogen-bond acceptors (Lipinski definition) is 2. The van der Waals surface area contributed by atoms with Crippen molar-refractivity contribution in [2.75, 3.05) is 0 Å². The Morgan fingerprint density at radius 3 is 2.42 bits per heavy atom. The molecule has 0 aliphatic rings. The summed E-state index contributed by atoms with van der Waals surface area (Å²) in [6.07, 6.45) is 0. The molecule has 1 N–H and O–H groups in total. The summed E-state index contributed by atoms with van der Waals surface area (Å²) in [6, 6.07) is 8.04. The largest absolute Gasteiger partial charge is 0.302 e. The maximum atomic E-state index is 10.5. The van der Waals surface area contributed by atoms with E-state index in [-0.39, 0.29) is 30.9 Å². The zero-order chi connectivity index (χ0) is 8.27. The Balaban J connectivity index is 0.00000121. The second-order valence-electron chi connectivity index (χ2n) is 1.86. The van der Waals surface area contributed by atoms with Gasteiger partial charge in [0.25, 0.3) is 0 Å². The average Bonchev–Trinajstić information content (AvgIpc) is 2.04. The second-order valence-corrected chi connectivity index (χ2v) is 2.80. The van der Waals surface area contributed by atoms with Crippen LogP contribution in [0.3, 0.4) is 0 Å². The van der Waals surface area contributed by atoms with Crippen LogP contribution in [0.5, 0.6) is 0 Å². The Kier molecular flexibility index (Phi) is 4.96. The van der Waals surface area contributed by atoms with Crippen molar-refractivity contribution in [2.45, 2.75) is 4.90 Å². The van der Waals surface area contributed by atoms with E-state index in [1.54, 1.807) is 12.1 Å². The van der Waals surface area contributed by atoms with E-state index in [1.807, 2.05) is 6.07 Å². The van der Waals surface area contributed by atoms with E-state index < -0.39 is 11.1 Å². The predicted octanol–water partition coefficient (Wildman–Crippen LogP) is 1.14. The SMILES string of the molecule is N#Cc1ccccc1S(=O)O.[Re]. The van der Waals surface area contributed by atoms with Crippen molar-refractivity contribution in [3.8, 4) is 6.07 Å². The van der Waals surface area contributed by atoms with Gasteiger partial charge in [-0.15, -0.1) is 0 Å². The van der Waals surface area contributed by atoms with Crippen molar-refractivity contribution < 1.29 is 29.2 Å². The summed E-state index contributed by atoms with van der Waals surface area (Å²) in [4.78, 5) is 0.162. The van der Waals surface area contributed by atoms with Crippen LogP contribution in [0.1, 0.15) is 5.56 Å². The molecule has 1 unspecified atom stereocenters. The minimum absolute atomic E-state index is 0. The number of nitrogens with zero attached hydrogens (tertiary/aromatic N) is 1. The Bertz CT molecular complexity index is 334. The number of rotatable bonds is 1. The summed E-state index contributed by atoms with van der Waals surface area (Å²) < 4.78 is 19.2. The molecule has 0 aliphatic carbocycles. The first-order valence-corrected chi connectivity index (χ1v) is 3.96. The summed E-state index contributed by atoms with van der Waals surface area (Å²) in [5.41, 5.74) is 0.244. The Labute approximate surface area is 86.3 Å². The average molecular weight is 353 g/mol. The zero-order valence-corrected chi connectivity index (χ0v) is 9.43. The van der Waals surface area contributed by atoms with Crippen molar-refractivity contribution in [1.82, 2.24) is 0 Å². The summed E-state index contributed by atoms with van der Waals surface area (Å²) >= 11 is -2.06. The van der Waals surface area contributed by atoms with Gasteiger partial charge < -0.3 is 4.55 Å². The first-order valence-electron chi connectivity index (χ1n) is 2.85. The minimum atomic E-state index is -2.06. The van der Waals surface area contributed by atoms with Crippen LogP contribution in [0.4, 0.5) is 0 Å². The van der Waals surface area contributed by atoms with Crippen molar-refractivity contribution in [1.29, 1.82) is 5.26 Å². The standard InChI is InChI=1S/C7H5NO2S.Re/c8-5-6-3-1-2-4-7(6)11(9)10;/h1-4H,(H,9,10);. The molecule has 5 heteroatoms. The van der Waals surface area contributed by atoms with E-state index in [4.69, 9.17) is 9.81 Å². The Hall–Kier alpha value is -0.518. The molecule has 1 radical (unpaired) electrons. The molecular weight excluding hydrogens is 348 g/mol. The quantitative estimate of drug-likeness (QED) is 0.770. The van der Waals surface area contributed by atoms with Gasteiger partial charge in [-0.1, -0.05) is 12.1 Å². The molecule has 0 aromatic heterocycles. The molecule has 1 atom stereocenters. The van der Waals surface area contributed by atoms with Crippen molar-refractivity contribution in [2.24, 2.45) is 0 Å².